The molecule has 0 aromatic carbocycles. The highest BCUT2D eigenvalue weighted by atomic mass is 28.4. The van der Waals surface area contributed by atoms with Crippen LogP contribution in [0.15, 0.2) is 12.2 Å². The number of carboxylic acids is 1. The first kappa shape index (κ1) is 19.2. The minimum Gasteiger partial charge on any atom is -0.478 e. The first-order chi connectivity index (χ1) is 5.76. The van der Waals surface area contributed by atoms with Crippen molar-refractivity contribution in [1.82, 2.24) is 0 Å². The molecule has 0 radical (unpaired) electrons. The van der Waals surface area contributed by atoms with Crippen molar-refractivity contribution in [2.45, 2.75) is 20.0 Å². The molecule has 0 aromatic heterocycles. The smallest absolute Gasteiger partial charge is 0.331 e. The van der Waals surface area contributed by atoms with E-state index in [2.05, 4.69) is 6.58 Å². The van der Waals surface area contributed by atoms with E-state index in [1.807, 2.05) is 13.1 Å². The minimum absolute atomic E-state index is 0. The van der Waals surface area contributed by atoms with Crippen molar-refractivity contribution < 1.29 is 18.8 Å². The molecule has 0 rings (SSSR count). The van der Waals surface area contributed by atoms with E-state index >= 15 is 0 Å². The van der Waals surface area contributed by atoms with E-state index in [9.17, 15) is 4.79 Å². The Bertz CT molecular complexity index is 162. The van der Waals surface area contributed by atoms with Gasteiger partial charge in [-0.25, -0.2) is 4.79 Å². The van der Waals surface area contributed by atoms with Crippen molar-refractivity contribution in [3.8, 4) is 0 Å². The molecule has 0 unspecified atom stereocenters. The molecule has 0 bridgehead atoms. The predicted molar refractivity (Wildman–Crippen MR) is 65.3 cm³/mol. The second kappa shape index (κ2) is 9.13. The van der Waals surface area contributed by atoms with Crippen LogP contribution in [0.4, 0.5) is 0 Å². The summed E-state index contributed by atoms with van der Waals surface area (Å²) < 4.78 is 10.0. The highest BCUT2D eigenvalue weighted by molar-refractivity contribution is 6.64. The van der Waals surface area contributed by atoms with E-state index < -0.39 is 14.5 Å². The summed E-state index contributed by atoms with van der Waals surface area (Å²) in [6.07, 6.45) is 0. The maximum Gasteiger partial charge on any atom is 0.331 e. The van der Waals surface area contributed by atoms with Gasteiger partial charge in [-0.2, -0.15) is 0 Å². The standard InChI is InChI=1S/C4H12O2Si.C4H6O2.H4Si/c1-5-7(3,4)6-2;1-3(2)4(5)6;/h1-4H3;1H2,2H3,(H,5,6);1H4. The average Bonchev–Trinajstić information content (AvgIpc) is 2.05. The first-order valence-corrected chi connectivity index (χ1v) is 6.57. The van der Waals surface area contributed by atoms with Crippen LogP contribution in [0, 0.1) is 0 Å². The van der Waals surface area contributed by atoms with E-state index in [0.717, 1.165) is 0 Å². The van der Waals surface area contributed by atoms with Crippen molar-refractivity contribution in [3.63, 3.8) is 0 Å². The van der Waals surface area contributed by atoms with Gasteiger partial charge in [-0.15, -0.1) is 0 Å². The fraction of sp³-hybridized carbons (Fsp3) is 0.625. The number of carbonyl (C=O) groups is 1. The van der Waals surface area contributed by atoms with Crippen molar-refractivity contribution in [3.05, 3.63) is 12.2 Å². The molecule has 4 nitrogen and oxygen atoms in total. The molecule has 0 amide bonds. The Hall–Kier alpha value is -0.436. The van der Waals surface area contributed by atoms with Crippen molar-refractivity contribution >= 4 is 25.5 Å². The number of hydrogen-bond acceptors (Lipinski definition) is 3. The summed E-state index contributed by atoms with van der Waals surface area (Å²) in [7, 11) is 1.70. The van der Waals surface area contributed by atoms with Gasteiger partial charge in [0.25, 0.3) is 0 Å². The van der Waals surface area contributed by atoms with E-state index in [-0.39, 0.29) is 16.5 Å². The quantitative estimate of drug-likeness (QED) is 0.563. The molecule has 0 heterocycles. The molecule has 0 aliphatic rings. The van der Waals surface area contributed by atoms with Gasteiger partial charge in [-0.05, 0) is 31.0 Å². The molecule has 14 heavy (non-hydrogen) atoms. The summed E-state index contributed by atoms with van der Waals surface area (Å²) in [5.74, 6) is -0.935. The summed E-state index contributed by atoms with van der Waals surface area (Å²) >= 11 is 0. The number of carboxylic acid groups (broad SMARTS) is 1. The molecule has 0 fully saturated rings. The van der Waals surface area contributed by atoms with E-state index in [4.69, 9.17) is 14.0 Å². The Kier molecular flexibility index (Phi) is 12.5. The van der Waals surface area contributed by atoms with E-state index in [1.165, 1.54) is 6.92 Å². The number of hydrogen-bond donors (Lipinski definition) is 1. The van der Waals surface area contributed by atoms with Gasteiger partial charge in [0.15, 0.2) is 0 Å². The van der Waals surface area contributed by atoms with Gasteiger partial charge in [0, 0.05) is 19.8 Å². The molecule has 0 saturated carbocycles. The Morgan fingerprint density at radius 2 is 1.50 bits per heavy atom. The van der Waals surface area contributed by atoms with Crippen LogP contribution in [-0.2, 0) is 13.6 Å². The lowest BCUT2D eigenvalue weighted by atomic mass is 10.4. The molecule has 0 saturated heterocycles. The van der Waals surface area contributed by atoms with Crippen LogP contribution >= 0.6 is 0 Å². The third kappa shape index (κ3) is 14.1. The summed E-state index contributed by atoms with van der Waals surface area (Å²) in [6.45, 7) is 8.59. The molecule has 0 spiro atoms. The SMILES string of the molecule is C=C(C)C(=O)O.CO[Si](C)(C)OC.[SiH4]. The van der Waals surface area contributed by atoms with Gasteiger partial charge < -0.3 is 14.0 Å². The van der Waals surface area contributed by atoms with Crippen molar-refractivity contribution in [2.24, 2.45) is 0 Å². The topological polar surface area (TPSA) is 55.8 Å². The zero-order valence-electron chi connectivity index (χ0n) is 8.88. The Labute approximate surface area is 91.2 Å². The molecule has 0 aliphatic heterocycles. The lowest BCUT2D eigenvalue weighted by molar-refractivity contribution is -0.132. The van der Waals surface area contributed by atoms with Gasteiger partial charge in [0.05, 0.1) is 0 Å². The summed E-state index contributed by atoms with van der Waals surface area (Å²) in [6, 6.07) is 0. The van der Waals surface area contributed by atoms with E-state index in [0.29, 0.717) is 0 Å². The third-order valence-electron chi connectivity index (χ3n) is 1.35. The Morgan fingerprint density at radius 3 is 1.50 bits per heavy atom. The van der Waals surface area contributed by atoms with Crippen LogP contribution in [0.5, 0.6) is 0 Å². The molecule has 6 heteroatoms. The second-order valence-corrected chi connectivity index (χ2v) is 6.51. The largest absolute Gasteiger partial charge is 0.478 e. The molecule has 0 aliphatic carbocycles. The predicted octanol–water partition coefficient (Wildman–Crippen LogP) is 0.176. The molecule has 1 N–H and O–H groups in total. The van der Waals surface area contributed by atoms with Crippen molar-refractivity contribution in [1.29, 1.82) is 0 Å². The zero-order chi connectivity index (χ0) is 11.1. The van der Waals surface area contributed by atoms with Crippen LogP contribution in [0.3, 0.4) is 0 Å². The highest BCUT2D eigenvalue weighted by Crippen LogP contribution is 1.99. The number of rotatable bonds is 3. The van der Waals surface area contributed by atoms with Gasteiger partial charge in [-0.3, -0.25) is 0 Å². The molecular formula is C8H22O4Si2. The fourth-order valence-electron chi connectivity index (χ4n) is 0.0833. The molecule has 0 atom stereocenters. The summed E-state index contributed by atoms with van der Waals surface area (Å²) in [5.41, 5.74) is 0.176. The summed E-state index contributed by atoms with van der Waals surface area (Å²) in [4.78, 5) is 9.60. The zero-order valence-corrected chi connectivity index (χ0v) is 9.88. The van der Waals surface area contributed by atoms with Crippen LogP contribution in [0.1, 0.15) is 6.92 Å². The molecular weight excluding hydrogens is 216 g/mol. The Balaban J connectivity index is -0.000000163. The van der Waals surface area contributed by atoms with Crippen LogP contribution in [0.25, 0.3) is 0 Å². The maximum absolute atomic E-state index is 9.60. The maximum atomic E-state index is 9.60. The normalized spacial score (nSPS) is 9.21. The van der Waals surface area contributed by atoms with Crippen LogP contribution in [0.2, 0.25) is 13.1 Å². The summed E-state index contributed by atoms with van der Waals surface area (Å²) in [5, 5.41) is 7.89. The van der Waals surface area contributed by atoms with Crippen LogP contribution in [-0.4, -0.2) is 44.8 Å². The van der Waals surface area contributed by atoms with Crippen LogP contribution < -0.4 is 0 Å². The Morgan fingerprint density at radius 1 is 1.29 bits per heavy atom. The lowest BCUT2D eigenvalue weighted by Gasteiger charge is -2.15. The van der Waals surface area contributed by atoms with Gasteiger partial charge >= 0.3 is 14.5 Å². The van der Waals surface area contributed by atoms with Crippen molar-refractivity contribution in [2.75, 3.05) is 14.2 Å². The second-order valence-electron chi connectivity index (χ2n) is 2.89. The monoisotopic (exact) mass is 238 g/mol. The van der Waals surface area contributed by atoms with E-state index in [1.54, 1.807) is 14.2 Å². The van der Waals surface area contributed by atoms with Gasteiger partial charge in [0.1, 0.15) is 0 Å². The first-order valence-electron chi connectivity index (χ1n) is 3.76. The average molecular weight is 238 g/mol. The highest BCUT2D eigenvalue weighted by Gasteiger charge is 2.19. The van der Waals surface area contributed by atoms with Gasteiger partial charge in [0.2, 0.25) is 0 Å². The molecule has 86 valence electrons. The number of aliphatic carboxylic acids is 1. The lowest BCUT2D eigenvalue weighted by Crippen LogP contribution is -2.31. The third-order valence-corrected chi connectivity index (χ3v) is 3.31. The fourth-order valence-corrected chi connectivity index (χ4v) is 0.250. The molecule has 0 aromatic rings. The van der Waals surface area contributed by atoms with Gasteiger partial charge in [-0.1, -0.05) is 6.58 Å². The minimum atomic E-state index is -1.65.